The highest BCUT2D eigenvalue weighted by Gasteiger charge is 2.34. The van der Waals surface area contributed by atoms with E-state index < -0.39 is 5.97 Å². The Hall–Kier alpha value is -4.20. The summed E-state index contributed by atoms with van der Waals surface area (Å²) in [6.45, 7) is 5.44. The highest BCUT2D eigenvalue weighted by atomic mass is 16.4. The monoisotopic (exact) mass is 469 g/mol. The molecule has 5 rings (SSSR count). The number of nitrogens with one attached hydrogen (secondary N) is 1. The molecule has 1 amide bonds. The fourth-order valence-electron chi connectivity index (χ4n) is 4.70. The van der Waals surface area contributed by atoms with E-state index >= 15 is 0 Å². The number of nitrogens with zero attached hydrogens (tertiary/aromatic N) is 4. The summed E-state index contributed by atoms with van der Waals surface area (Å²) < 4.78 is 1.40. The third-order valence-electron chi connectivity index (χ3n) is 7.01. The van der Waals surface area contributed by atoms with Crippen molar-refractivity contribution in [2.75, 3.05) is 18.4 Å². The normalized spacial score (nSPS) is 15.2. The topological polar surface area (TPSA) is 99.8 Å². The third kappa shape index (κ3) is 4.12. The molecule has 8 heteroatoms. The maximum atomic E-state index is 13.7. The van der Waals surface area contributed by atoms with Crippen LogP contribution in [0.4, 0.5) is 11.5 Å². The van der Waals surface area contributed by atoms with Gasteiger partial charge in [-0.1, -0.05) is 55.5 Å². The number of aromatic nitrogens is 3. The van der Waals surface area contributed by atoms with Crippen LogP contribution in [-0.4, -0.2) is 49.6 Å². The van der Waals surface area contributed by atoms with E-state index in [4.69, 9.17) is 0 Å². The van der Waals surface area contributed by atoms with Gasteiger partial charge in [-0.25, -0.2) is 9.78 Å². The van der Waals surface area contributed by atoms with E-state index in [0.717, 1.165) is 24.1 Å². The van der Waals surface area contributed by atoms with Crippen LogP contribution >= 0.6 is 0 Å². The lowest BCUT2D eigenvalue weighted by molar-refractivity contribution is 0.0673. The maximum Gasteiger partial charge on any atom is 0.341 e. The number of carboxylic acids is 1. The number of para-hydroxylation sites is 1. The maximum absolute atomic E-state index is 13.7. The number of anilines is 2. The van der Waals surface area contributed by atoms with Crippen molar-refractivity contribution in [2.24, 2.45) is 0 Å². The van der Waals surface area contributed by atoms with Crippen LogP contribution in [-0.2, 0) is 5.41 Å². The number of piperidine rings is 1. The number of hydrogen-bond acceptors (Lipinski definition) is 5. The zero-order valence-electron chi connectivity index (χ0n) is 19.7. The Balaban J connectivity index is 1.49. The summed E-state index contributed by atoms with van der Waals surface area (Å²) >= 11 is 0. The van der Waals surface area contributed by atoms with Crippen molar-refractivity contribution >= 4 is 29.0 Å². The molecule has 1 aliphatic heterocycles. The van der Waals surface area contributed by atoms with E-state index in [-0.39, 0.29) is 22.5 Å². The molecular weight excluding hydrogens is 442 g/mol. The average Bonchev–Trinajstić information content (AvgIpc) is 3.31. The Morgan fingerprint density at radius 2 is 1.66 bits per heavy atom. The molecule has 0 bridgehead atoms. The van der Waals surface area contributed by atoms with E-state index in [2.05, 4.69) is 46.6 Å². The molecule has 2 aromatic carbocycles. The number of carbonyl (C=O) groups excluding carboxylic acids is 1. The molecule has 2 N–H and O–H groups in total. The Bertz CT molecular complexity index is 1410. The number of amides is 1. The first-order valence-electron chi connectivity index (χ1n) is 11.6. The van der Waals surface area contributed by atoms with Crippen molar-refractivity contribution in [3.05, 3.63) is 89.2 Å². The molecule has 8 nitrogen and oxygen atoms in total. The van der Waals surface area contributed by atoms with Gasteiger partial charge in [-0.05, 0) is 42.4 Å². The third-order valence-corrected chi connectivity index (χ3v) is 7.01. The fraction of sp³-hybridized carbons (Fsp3) is 0.259. The van der Waals surface area contributed by atoms with Crippen LogP contribution in [0.1, 0.15) is 51.6 Å². The number of carboxylic acid groups (broad SMARTS) is 1. The minimum absolute atomic E-state index is 0.0147. The molecule has 0 aliphatic carbocycles. The zero-order chi connectivity index (χ0) is 24.6. The summed E-state index contributed by atoms with van der Waals surface area (Å²) in [4.78, 5) is 31.5. The Kier molecular flexibility index (Phi) is 5.72. The summed E-state index contributed by atoms with van der Waals surface area (Å²) in [5.74, 6) is -0.874. The van der Waals surface area contributed by atoms with E-state index in [1.54, 1.807) is 0 Å². The van der Waals surface area contributed by atoms with Crippen LogP contribution in [0, 0.1) is 6.92 Å². The predicted octanol–water partition coefficient (Wildman–Crippen LogP) is 4.67. The van der Waals surface area contributed by atoms with Crippen molar-refractivity contribution in [3.63, 3.8) is 0 Å². The van der Waals surface area contributed by atoms with Gasteiger partial charge in [0.1, 0.15) is 16.9 Å². The predicted molar refractivity (Wildman–Crippen MR) is 133 cm³/mol. The van der Waals surface area contributed by atoms with Crippen LogP contribution in [0.15, 0.2) is 67.0 Å². The number of aryl methyl sites for hydroxylation is 1. The number of rotatable bonds is 5. The second-order valence-corrected chi connectivity index (χ2v) is 9.28. The van der Waals surface area contributed by atoms with Gasteiger partial charge in [0, 0.05) is 25.0 Å². The van der Waals surface area contributed by atoms with Crippen molar-refractivity contribution < 1.29 is 14.7 Å². The first kappa shape index (κ1) is 22.6. The quantitative estimate of drug-likeness (QED) is 0.441. The number of fused-ring (bicyclic) bond motifs is 1. The van der Waals surface area contributed by atoms with Gasteiger partial charge in [-0.2, -0.15) is 9.61 Å². The van der Waals surface area contributed by atoms with Crippen molar-refractivity contribution in [1.29, 1.82) is 0 Å². The van der Waals surface area contributed by atoms with Gasteiger partial charge in [0.2, 0.25) is 0 Å². The van der Waals surface area contributed by atoms with Gasteiger partial charge in [0.05, 0.1) is 6.20 Å². The minimum atomic E-state index is -1.12. The minimum Gasteiger partial charge on any atom is -0.477 e. The lowest BCUT2D eigenvalue weighted by atomic mass is 9.74. The second kappa shape index (κ2) is 8.87. The molecular formula is C27H27N5O3. The van der Waals surface area contributed by atoms with E-state index in [1.807, 2.05) is 42.2 Å². The van der Waals surface area contributed by atoms with Gasteiger partial charge in [0.15, 0.2) is 5.65 Å². The molecule has 1 saturated heterocycles. The van der Waals surface area contributed by atoms with Gasteiger partial charge >= 0.3 is 5.97 Å². The molecule has 2 aromatic heterocycles. The van der Waals surface area contributed by atoms with Crippen molar-refractivity contribution in [2.45, 2.75) is 32.1 Å². The van der Waals surface area contributed by atoms with E-state index in [1.165, 1.54) is 22.5 Å². The Labute approximate surface area is 203 Å². The first-order chi connectivity index (χ1) is 16.9. The molecule has 1 fully saturated rings. The standard InChI is InChI=1S/C27H27N5O3/c1-18-8-6-7-11-22(18)30-24-20(16-28-23-21(26(34)35)17-29-32(23)24)25(33)31-14-12-27(2,13-15-31)19-9-4-3-5-10-19/h3-11,16-17,30H,12-15H2,1-2H3,(H,34,35). The van der Waals surface area contributed by atoms with Crippen LogP contribution in [0.3, 0.4) is 0 Å². The molecule has 0 spiro atoms. The van der Waals surface area contributed by atoms with Crippen LogP contribution < -0.4 is 5.32 Å². The van der Waals surface area contributed by atoms with E-state index in [9.17, 15) is 14.7 Å². The molecule has 4 aromatic rings. The van der Waals surface area contributed by atoms with Gasteiger partial charge in [-0.15, -0.1) is 0 Å². The molecule has 178 valence electrons. The first-order valence-corrected chi connectivity index (χ1v) is 11.6. The number of likely N-dealkylation sites (tertiary alicyclic amines) is 1. The summed E-state index contributed by atoms with van der Waals surface area (Å²) in [6.07, 6.45) is 4.42. The second-order valence-electron chi connectivity index (χ2n) is 9.28. The highest BCUT2D eigenvalue weighted by molar-refractivity contribution is 6.01. The molecule has 1 aliphatic rings. The highest BCUT2D eigenvalue weighted by Crippen LogP contribution is 2.36. The van der Waals surface area contributed by atoms with Crippen LogP contribution in [0.2, 0.25) is 0 Å². The fourth-order valence-corrected chi connectivity index (χ4v) is 4.70. The van der Waals surface area contributed by atoms with Crippen LogP contribution in [0.5, 0.6) is 0 Å². The average molecular weight is 470 g/mol. The van der Waals surface area contributed by atoms with Gasteiger partial charge < -0.3 is 15.3 Å². The molecule has 0 atom stereocenters. The summed E-state index contributed by atoms with van der Waals surface area (Å²) in [5, 5.41) is 17.1. The largest absolute Gasteiger partial charge is 0.477 e. The van der Waals surface area contributed by atoms with Crippen molar-refractivity contribution in [1.82, 2.24) is 19.5 Å². The molecule has 0 unspecified atom stereocenters. The molecule has 0 saturated carbocycles. The number of benzene rings is 2. The molecule has 35 heavy (non-hydrogen) atoms. The number of carbonyl (C=O) groups is 2. The Morgan fingerprint density at radius 3 is 2.34 bits per heavy atom. The van der Waals surface area contributed by atoms with Gasteiger partial charge in [-0.3, -0.25) is 4.79 Å². The van der Waals surface area contributed by atoms with E-state index in [0.29, 0.717) is 24.5 Å². The summed E-state index contributed by atoms with van der Waals surface area (Å²) in [6, 6.07) is 18.1. The lowest BCUT2D eigenvalue weighted by Crippen LogP contribution is -2.44. The number of hydrogen-bond donors (Lipinski definition) is 2. The van der Waals surface area contributed by atoms with Crippen molar-refractivity contribution in [3.8, 4) is 0 Å². The molecule has 0 radical (unpaired) electrons. The summed E-state index contributed by atoms with van der Waals surface area (Å²) in [5.41, 5.74) is 3.60. The summed E-state index contributed by atoms with van der Waals surface area (Å²) in [7, 11) is 0. The Morgan fingerprint density at radius 1 is 0.971 bits per heavy atom. The van der Waals surface area contributed by atoms with Gasteiger partial charge in [0.25, 0.3) is 5.91 Å². The zero-order valence-corrected chi connectivity index (χ0v) is 19.7. The molecule has 3 heterocycles. The smallest absolute Gasteiger partial charge is 0.341 e. The SMILES string of the molecule is Cc1ccccc1Nc1c(C(=O)N2CCC(C)(c3ccccc3)CC2)cnc2c(C(=O)O)cnn12. The lowest BCUT2D eigenvalue weighted by Gasteiger charge is -2.40. The van der Waals surface area contributed by atoms with Crippen LogP contribution in [0.25, 0.3) is 5.65 Å². The number of aromatic carboxylic acids is 1.